The molecule has 0 amide bonds. The van der Waals surface area contributed by atoms with Crippen molar-refractivity contribution >= 4 is 16.1 Å². The SMILES string of the molecule is C(=NC1CCCCC1)=NN1CCOCC1.CCc1ccc(S(=O)(=O)O)cc1. The number of nitrogens with zero attached hydrogens (tertiary/aromatic N) is 3. The molecule has 0 atom stereocenters. The molecule has 3 rings (SSSR count). The Balaban J connectivity index is 0.000000199. The Morgan fingerprint density at radius 2 is 1.78 bits per heavy atom. The number of benzene rings is 1. The highest BCUT2D eigenvalue weighted by Gasteiger charge is 2.11. The number of morpholine rings is 1. The Hall–Kier alpha value is -1.73. The van der Waals surface area contributed by atoms with Crippen molar-refractivity contribution in [2.75, 3.05) is 26.3 Å². The van der Waals surface area contributed by atoms with Crippen LogP contribution in [0.15, 0.2) is 39.3 Å². The topological polar surface area (TPSA) is 91.6 Å². The first-order valence-corrected chi connectivity index (χ1v) is 11.0. The molecular weight excluding hydrogens is 366 g/mol. The van der Waals surface area contributed by atoms with Crippen LogP contribution in [0, 0.1) is 0 Å². The first kappa shape index (κ1) is 21.6. The smallest absolute Gasteiger partial charge is 0.294 e. The molecule has 0 unspecified atom stereocenters. The molecule has 2 fully saturated rings. The fourth-order valence-electron chi connectivity index (χ4n) is 2.93. The van der Waals surface area contributed by atoms with E-state index in [1.54, 1.807) is 12.1 Å². The molecule has 8 heteroatoms. The summed E-state index contributed by atoms with van der Waals surface area (Å²) in [7, 11) is -4.03. The van der Waals surface area contributed by atoms with Crippen LogP contribution in [0.5, 0.6) is 0 Å². The van der Waals surface area contributed by atoms with Crippen LogP contribution in [0.4, 0.5) is 0 Å². The van der Waals surface area contributed by atoms with Gasteiger partial charge in [0, 0.05) is 0 Å². The lowest BCUT2D eigenvalue weighted by Crippen LogP contribution is -2.32. The van der Waals surface area contributed by atoms with Crippen LogP contribution >= 0.6 is 0 Å². The number of aryl methyl sites for hydroxylation is 1. The standard InChI is InChI=1S/C11H19N3O.C8H10O3S/c1-2-4-11(5-3-1)12-10-13-14-6-8-15-9-7-14;1-2-7-3-5-8(6-4-7)12(9,10)11/h11H,1-9H2;3-6H,2H2,1H3,(H,9,10,11). The lowest BCUT2D eigenvalue weighted by Gasteiger charge is -2.22. The molecule has 1 aromatic carbocycles. The van der Waals surface area contributed by atoms with Crippen LogP contribution in [0.2, 0.25) is 0 Å². The molecular formula is C19H29N3O4S. The molecule has 2 aliphatic rings. The van der Waals surface area contributed by atoms with Gasteiger partial charge >= 0.3 is 0 Å². The minimum Gasteiger partial charge on any atom is -0.378 e. The third-order valence-corrected chi connectivity index (χ3v) is 5.49. The van der Waals surface area contributed by atoms with E-state index in [-0.39, 0.29) is 4.90 Å². The van der Waals surface area contributed by atoms with E-state index in [0.717, 1.165) is 38.3 Å². The third kappa shape index (κ3) is 8.22. The number of hydrogen-bond donors (Lipinski definition) is 1. The van der Waals surface area contributed by atoms with Crippen LogP contribution in [-0.4, -0.2) is 56.3 Å². The molecule has 7 nitrogen and oxygen atoms in total. The maximum Gasteiger partial charge on any atom is 0.294 e. The molecule has 0 bridgehead atoms. The number of aliphatic imine (C=N–C) groups is 1. The lowest BCUT2D eigenvalue weighted by atomic mass is 9.96. The Labute approximate surface area is 161 Å². The fraction of sp³-hybridized carbons (Fsp3) is 0.632. The molecule has 1 aliphatic heterocycles. The second-order valence-electron chi connectivity index (χ2n) is 6.66. The summed E-state index contributed by atoms with van der Waals surface area (Å²) in [6.45, 7) is 5.26. The highest BCUT2D eigenvalue weighted by Crippen LogP contribution is 2.19. The van der Waals surface area contributed by atoms with Crippen molar-refractivity contribution in [3.8, 4) is 0 Å². The van der Waals surface area contributed by atoms with Gasteiger partial charge in [-0.15, -0.1) is 5.10 Å². The van der Waals surface area contributed by atoms with Crippen LogP contribution < -0.4 is 0 Å². The summed E-state index contributed by atoms with van der Waals surface area (Å²) in [5.41, 5.74) is 1.04. The first-order valence-electron chi connectivity index (χ1n) is 9.53. The minimum atomic E-state index is -4.03. The van der Waals surface area contributed by atoms with Gasteiger partial charge in [0.05, 0.1) is 37.2 Å². The average molecular weight is 396 g/mol. The minimum absolute atomic E-state index is 0.0558. The van der Waals surface area contributed by atoms with Gasteiger partial charge in [-0.25, -0.2) is 4.99 Å². The number of hydrogen-bond acceptors (Lipinski definition) is 6. The van der Waals surface area contributed by atoms with E-state index < -0.39 is 10.1 Å². The molecule has 1 saturated carbocycles. The molecule has 1 aromatic rings. The van der Waals surface area contributed by atoms with Gasteiger partial charge in [0.25, 0.3) is 10.1 Å². The zero-order valence-corrected chi connectivity index (χ0v) is 16.7. The van der Waals surface area contributed by atoms with Crippen molar-refractivity contribution in [1.29, 1.82) is 0 Å². The molecule has 0 radical (unpaired) electrons. The van der Waals surface area contributed by atoms with E-state index in [1.165, 1.54) is 44.2 Å². The van der Waals surface area contributed by atoms with Crippen molar-refractivity contribution in [2.45, 2.75) is 56.4 Å². The second-order valence-corrected chi connectivity index (χ2v) is 8.08. The fourth-order valence-corrected chi connectivity index (χ4v) is 3.41. The van der Waals surface area contributed by atoms with Crippen molar-refractivity contribution in [3.63, 3.8) is 0 Å². The quantitative estimate of drug-likeness (QED) is 0.624. The summed E-state index contributed by atoms with van der Waals surface area (Å²) in [5, 5.41) is 6.20. The van der Waals surface area contributed by atoms with Crippen LogP contribution in [0.25, 0.3) is 0 Å². The van der Waals surface area contributed by atoms with Gasteiger partial charge in [0.2, 0.25) is 0 Å². The van der Waals surface area contributed by atoms with Gasteiger partial charge in [0.15, 0.2) is 0 Å². The van der Waals surface area contributed by atoms with E-state index in [4.69, 9.17) is 9.29 Å². The predicted octanol–water partition coefficient (Wildman–Crippen LogP) is 3.24. The molecule has 1 saturated heterocycles. The van der Waals surface area contributed by atoms with Crippen molar-refractivity contribution in [2.24, 2.45) is 10.1 Å². The molecule has 150 valence electrons. The van der Waals surface area contributed by atoms with E-state index in [0.29, 0.717) is 6.04 Å². The maximum atomic E-state index is 10.6. The maximum absolute atomic E-state index is 10.6. The molecule has 1 heterocycles. The van der Waals surface area contributed by atoms with E-state index >= 15 is 0 Å². The third-order valence-electron chi connectivity index (χ3n) is 4.62. The van der Waals surface area contributed by atoms with Gasteiger partial charge in [-0.05, 0) is 37.0 Å². The van der Waals surface area contributed by atoms with Gasteiger partial charge in [0.1, 0.15) is 6.01 Å². The zero-order chi connectivity index (χ0) is 19.5. The van der Waals surface area contributed by atoms with E-state index in [2.05, 4.69) is 16.1 Å². The van der Waals surface area contributed by atoms with Crippen molar-refractivity contribution < 1.29 is 17.7 Å². The first-order chi connectivity index (χ1) is 13.0. The van der Waals surface area contributed by atoms with Crippen LogP contribution in [0.3, 0.4) is 0 Å². The predicted molar refractivity (Wildman–Crippen MR) is 105 cm³/mol. The van der Waals surface area contributed by atoms with Gasteiger partial charge < -0.3 is 4.74 Å². The van der Waals surface area contributed by atoms with E-state index in [1.807, 2.05) is 11.9 Å². The Morgan fingerprint density at radius 3 is 2.33 bits per heavy atom. The van der Waals surface area contributed by atoms with Crippen molar-refractivity contribution in [3.05, 3.63) is 29.8 Å². The summed E-state index contributed by atoms with van der Waals surface area (Å²) >= 11 is 0. The summed E-state index contributed by atoms with van der Waals surface area (Å²) in [6.07, 6.45) is 7.27. The van der Waals surface area contributed by atoms with E-state index in [9.17, 15) is 8.42 Å². The summed E-state index contributed by atoms with van der Waals surface area (Å²) in [4.78, 5) is 4.32. The molecule has 1 aliphatic carbocycles. The van der Waals surface area contributed by atoms with Gasteiger partial charge in [-0.2, -0.15) is 8.42 Å². The Kier molecular flexibility index (Phi) is 8.94. The lowest BCUT2D eigenvalue weighted by molar-refractivity contribution is 0.0397. The summed E-state index contributed by atoms with van der Waals surface area (Å²) in [6, 6.07) is 9.48. The normalized spacial score (nSPS) is 18.1. The average Bonchev–Trinajstić information content (AvgIpc) is 2.69. The highest BCUT2D eigenvalue weighted by atomic mass is 32.2. The molecule has 1 N–H and O–H groups in total. The zero-order valence-electron chi connectivity index (χ0n) is 15.9. The van der Waals surface area contributed by atoms with Gasteiger partial charge in [-0.1, -0.05) is 38.3 Å². The largest absolute Gasteiger partial charge is 0.378 e. The summed E-state index contributed by atoms with van der Waals surface area (Å²) in [5.74, 6) is 0. The Bertz CT molecular complexity index is 694. The second kappa shape index (κ2) is 11.2. The number of rotatable bonds is 4. The van der Waals surface area contributed by atoms with Gasteiger partial charge in [-0.3, -0.25) is 9.56 Å². The molecule has 27 heavy (non-hydrogen) atoms. The van der Waals surface area contributed by atoms with Crippen LogP contribution in [-0.2, 0) is 21.3 Å². The monoisotopic (exact) mass is 395 g/mol. The Morgan fingerprint density at radius 1 is 1.15 bits per heavy atom. The highest BCUT2D eigenvalue weighted by molar-refractivity contribution is 7.85. The molecule has 0 aromatic heterocycles. The number of ether oxygens (including phenoxy) is 1. The van der Waals surface area contributed by atoms with Crippen LogP contribution in [0.1, 0.15) is 44.6 Å². The summed E-state index contributed by atoms with van der Waals surface area (Å²) < 4.78 is 35.0. The van der Waals surface area contributed by atoms with Crippen molar-refractivity contribution in [1.82, 2.24) is 5.01 Å². The molecule has 0 spiro atoms. The number of hydrazone groups is 1.